The Balaban J connectivity index is 1.38. The number of amides is 1. The van der Waals surface area contributed by atoms with Crippen molar-refractivity contribution in [1.82, 2.24) is 0 Å². The molecule has 4 heteroatoms. The summed E-state index contributed by atoms with van der Waals surface area (Å²) in [4.78, 5) is 15.2. The molecule has 4 rings (SSSR count). The third-order valence-corrected chi connectivity index (χ3v) is 6.03. The fourth-order valence-corrected chi connectivity index (χ4v) is 4.22. The number of carbonyl (C=O) groups is 1. The van der Waals surface area contributed by atoms with Crippen molar-refractivity contribution in [3.05, 3.63) is 95.1 Å². The maximum absolute atomic E-state index is 12.5. The van der Waals surface area contributed by atoms with Crippen LogP contribution < -0.4 is 10.2 Å². The first-order chi connectivity index (χ1) is 13.7. The Morgan fingerprint density at radius 2 is 1.79 bits per heavy atom. The molecular formula is C24H25N2OS+. The van der Waals surface area contributed by atoms with Gasteiger partial charge in [-0.2, -0.15) is 0 Å². The highest BCUT2D eigenvalue weighted by Crippen LogP contribution is 2.19. The Labute approximate surface area is 170 Å². The molecule has 28 heavy (non-hydrogen) atoms. The second-order valence-electron chi connectivity index (χ2n) is 7.26. The number of quaternary nitrogens is 1. The molecule has 1 unspecified atom stereocenters. The summed E-state index contributed by atoms with van der Waals surface area (Å²) in [7, 11) is 0. The quantitative estimate of drug-likeness (QED) is 0.651. The van der Waals surface area contributed by atoms with Crippen LogP contribution in [0.3, 0.4) is 0 Å². The van der Waals surface area contributed by atoms with Gasteiger partial charge < -0.3 is 10.2 Å². The SMILES string of the molecule is CSc1cccc(NC(=O)c2ccc(C[NH+]3CCc4ccccc4C3)cc2)c1. The normalized spacial score (nSPS) is 15.7. The predicted molar refractivity (Wildman–Crippen MR) is 116 cm³/mol. The van der Waals surface area contributed by atoms with E-state index < -0.39 is 0 Å². The molecule has 1 atom stereocenters. The van der Waals surface area contributed by atoms with Gasteiger partial charge in [-0.05, 0) is 42.2 Å². The number of anilines is 1. The average Bonchev–Trinajstić information content (AvgIpc) is 2.74. The maximum atomic E-state index is 12.5. The summed E-state index contributed by atoms with van der Waals surface area (Å²) >= 11 is 1.67. The maximum Gasteiger partial charge on any atom is 0.255 e. The van der Waals surface area contributed by atoms with Crippen molar-refractivity contribution in [2.24, 2.45) is 0 Å². The van der Waals surface area contributed by atoms with Gasteiger partial charge in [0.15, 0.2) is 0 Å². The minimum atomic E-state index is -0.0657. The Kier molecular flexibility index (Phi) is 5.79. The molecule has 3 aromatic carbocycles. The zero-order chi connectivity index (χ0) is 19.3. The van der Waals surface area contributed by atoms with Crippen LogP contribution in [0.25, 0.3) is 0 Å². The second kappa shape index (κ2) is 8.63. The zero-order valence-electron chi connectivity index (χ0n) is 16.1. The molecule has 142 valence electrons. The molecule has 0 saturated carbocycles. The van der Waals surface area contributed by atoms with Crippen LogP contribution in [-0.4, -0.2) is 18.7 Å². The van der Waals surface area contributed by atoms with Crippen LogP contribution in [0, 0.1) is 0 Å². The molecule has 0 radical (unpaired) electrons. The van der Waals surface area contributed by atoms with Gasteiger partial charge in [-0.25, -0.2) is 0 Å². The molecule has 1 amide bonds. The van der Waals surface area contributed by atoms with Crippen LogP contribution in [-0.2, 0) is 19.5 Å². The van der Waals surface area contributed by atoms with Crippen molar-refractivity contribution in [3.63, 3.8) is 0 Å². The van der Waals surface area contributed by atoms with E-state index >= 15 is 0 Å². The standard InChI is InChI=1S/C24H24N2OS/c1-28-23-8-4-7-22(15-23)25-24(27)20-11-9-18(10-12-20)16-26-14-13-19-5-2-3-6-21(19)17-26/h2-12,15H,13-14,16-17H2,1H3,(H,25,27)/p+1. The van der Waals surface area contributed by atoms with Gasteiger partial charge in [0.2, 0.25) is 0 Å². The van der Waals surface area contributed by atoms with Gasteiger partial charge in [0.1, 0.15) is 13.1 Å². The molecule has 1 aliphatic rings. The fraction of sp³-hybridized carbons (Fsp3) is 0.208. The molecule has 1 heterocycles. The van der Waals surface area contributed by atoms with Crippen LogP contribution in [0.2, 0.25) is 0 Å². The lowest BCUT2D eigenvalue weighted by atomic mass is 9.99. The summed E-state index contributed by atoms with van der Waals surface area (Å²) in [6.07, 6.45) is 3.17. The Morgan fingerprint density at radius 3 is 2.57 bits per heavy atom. The van der Waals surface area contributed by atoms with E-state index in [4.69, 9.17) is 0 Å². The van der Waals surface area contributed by atoms with E-state index in [1.54, 1.807) is 16.7 Å². The molecular weight excluding hydrogens is 364 g/mol. The van der Waals surface area contributed by atoms with Crippen LogP contribution in [0.5, 0.6) is 0 Å². The molecule has 0 aromatic heterocycles. The topological polar surface area (TPSA) is 33.5 Å². The summed E-state index contributed by atoms with van der Waals surface area (Å²) in [5, 5.41) is 2.99. The lowest BCUT2D eigenvalue weighted by Gasteiger charge is -2.26. The number of thioether (sulfide) groups is 1. The van der Waals surface area contributed by atoms with Crippen molar-refractivity contribution < 1.29 is 9.69 Å². The monoisotopic (exact) mass is 389 g/mol. The molecule has 3 nitrogen and oxygen atoms in total. The van der Waals surface area contributed by atoms with Crippen molar-refractivity contribution >= 4 is 23.4 Å². The van der Waals surface area contributed by atoms with Crippen LogP contribution in [0.4, 0.5) is 5.69 Å². The molecule has 0 spiro atoms. The first kappa shape index (κ1) is 18.8. The van der Waals surface area contributed by atoms with Gasteiger partial charge in [0.25, 0.3) is 5.91 Å². The van der Waals surface area contributed by atoms with E-state index in [9.17, 15) is 4.79 Å². The van der Waals surface area contributed by atoms with E-state index in [0.29, 0.717) is 5.56 Å². The first-order valence-electron chi connectivity index (χ1n) is 9.66. The second-order valence-corrected chi connectivity index (χ2v) is 8.13. The zero-order valence-corrected chi connectivity index (χ0v) is 16.9. The molecule has 0 saturated heterocycles. The van der Waals surface area contributed by atoms with Crippen molar-refractivity contribution in [2.45, 2.75) is 24.4 Å². The van der Waals surface area contributed by atoms with Crippen molar-refractivity contribution in [3.8, 4) is 0 Å². The Bertz CT molecular complexity index is 968. The van der Waals surface area contributed by atoms with E-state index in [1.165, 1.54) is 16.7 Å². The molecule has 3 aromatic rings. The molecule has 2 N–H and O–H groups in total. The lowest BCUT2D eigenvalue weighted by molar-refractivity contribution is -0.929. The summed E-state index contributed by atoms with van der Waals surface area (Å²) in [5.41, 5.74) is 5.75. The van der Waals surface area contributed by atoms with Crippen LogP contribution in [0.1, 0.15) is 27.0 Å². The predicted octanol–water partition coefficient (Wildman–Crippen LogP) is 3.80. The smallest absolute Gasteiger partial charge is 0.255 e. The summed E-state index contributed by atoms with van der Waals surface area (Å²) in [6, 6.07) is 24.7. The van der Waals surface area contributed by atoms with Crippen LogP contribution in [0.15, 0.2) is 77.7 Å². The highest BCUT2D eigenvalue weighted by molar-refractivity contribution is 7.98. The van der Waals surface area contributed by atoms with Gasteiger partial charge >= 0.3 is 0 Å². The van der Waals surface area contributed by atoms with E-state index in [-0.39, 0.29) is 5.91 Å². The molecule has 1 aliphatic heterocycles. The van der Waals surface area contributed by atoms with Gasteiger partial charge in [-0.1, -0.05) is 42.5 Å². The Morgan fingerprint density at radius 1 is 1.00 bits per heavy atom. The number of benzene rings is 3. The summed E-state index contributed by atoms with van der Waals surface area (Å²) < 4.78 is 0. The van der Waals surface area contributed by atoms with Crippen molar-refractivity contribution in [1.29, 1.82) is 0 Å². The minimum absolute atomic E-state index is 0.0657. The van der Waals surface area contributed by atoms with E-state index in [1.807, 2.05) is 42.7 Å². The molecule has 0 fully saturated rings. The van der Waals surface area contributed by atoms with Gasteiger partial charge in [0, 0.05) is 33.7 Å². The third-order valence-electron chi connectivity index (χ3n) is 5.30. The largest absolute Gasteiger partial charge is 0.327 e. The minimum Gasteiger partial charge on any atom is -0.327 e. The number of fused-ring (bicyclic) bond motifs is 1. The third kappa shape index (κ3) is 4.46. The number of carbonyl (C=O) groups excluding carboxylic acids is 1. The molecule has 0 bridgehead atoms. The molecule has 0 aliphatic carbocycles. The highest BCUT2D eigenvalue weighted by Gasteiger charge is 2.19. The lowest BCUT2D eigenvalue weighted by Crippen LogP contribution is -3.10. The number of hydrogen-bond donors (Lipinski definition) is 2. The number of nitrogens with one attached hydrogen (secondary N) is 2. The number of rotatable bonds is 5. The van der Waals surface area contributed by atoms with E-state index in [0.717, 1.165) is 36.6 Å². The first-order valence-corrected chi connectivity index (χ1v) is 10.9. The summed E-state index contributed by atoms with van der Waals surface area (Å²) in [5.74, 6) is -0.0657. The van der Waals surface area contributed by atoms with Crippen molar-refractivity contribution in [2.75, 3.05) is 18.1 Å². The summed E-state index contributed by atoms with van der Waals surface area (Å²) in [6.45, 7) is 3.22. The van der Waals surface area contributed by atoms with E-state index in [2.05, 4.69) is 41.7 Å². The highest BCUT2D eigenvalue weighted by atomic mass is 32.2. The van der Waals surface area contributed by atoms with Gasteiger partial charge in [-0.15, -0.1) is 11.8 Å². The number of hydrogen-bond acceptors (Lipinski definition) is 2. The van der Waals surface area contributed by atoms with Crippen LogP contribution >= 0.6 is 11.8 Å². The fourth-order valence-electron chi connectivity index (χ4n) is 3.76. The Hall–Kier alpha value is -2.56. The van der Waals surface area contributed by atoms with Gasteiger partial charge in [-0.3, -0.25) is 4.79 Å². The average molecular weight is 390 g/mol. The van der Waals surface area contributed by atoms with Gasteiger partial charge in [0.05, 0.1) is 6.54 Å².